The van der Waals surface area contributed by atoms with Crippen molar-refractivity contribution in [2.45, 2.75) is 6.92 Å². The molecule has 23 heavy (non-hydrogen) atoms. The minimum Gasteiger partial charge on any atom is -0.461 e. The van der Waals surface area contributed by atoms with E-state index in [1.165, 1.54) is 0 Å². The van der Waals surface area contributed by atoms with Crippen LogP contribution < -0.4 is 0 Å². The monoisotopic (exact) mass is 328 g/mol. The van der Waals surface area contributed by atoms with Crippen LogP contribution in [0.25, 0.3) is 5.65 Å². The Hall–Kier alpha value is -2.73. The fraction of sp³-hybridized carbons (Fsp3) is 0.125. The molecule has 0 amide bonds. The summed E-state index contributed by atoms with van der Waals surface area (Å²) < 4.78 is 6.72. The van der Waals surface area contributed by atoms with Crippen LogP contribution in [0.2, 0.25) is 5.02 Å². The van der Waals surface area contributed by atoms with Gasteiger partial charge in [0.15, 0.2) is 11.5 Å². The Balaban J connectivity index is 2.05. The Kier molecular flexibility index (Phi) is 4.34. The molecule has 0 aliphatic rings. The van der Waals surface area contributed by atoms with E-state index >= 15 is 0 Å². The van der Waals surface area contributed by atoms with Crippen LogP contribution in [0, 0.1) is 0 Å². The van der Waals surface area contributed by atoms with Gasteiger partial charge in [-0.1, -0.05) is 17.7 Å². The first-order chi connectivity index (χ1) is 11.2. The summed E-state index contributed by atoms with van der Waals surface area (Å²) in [5.74, 6) is -0.199. The lowest BCUT2D eigenvalue weighted by atomic mass is 10.3. The molecule has 0 fully saturated rings. The van der Waals surface area contributed by atoms with Crippen LogP contribution >= 0.6 is 11.6 Å². The summed E-state index contributed by atoms with van der Waals surface area (Å²) in [5, 5.41) is 8.94. The standard InChI is InChI=1S/C16H13ClN4O2/c1-2-23-16(22)14-15(21-10-4-3-5-13(21)18-14)20-19-12-8-6-11(17)7-9-12/h3-10H,2H2,1H3. The summed E-state index contributed by atoms with van der Waals surface area (Å²) in [6.07, 6.45) is 1.77. The maximum atomic E-state index is 12.1. The second-order valence-corrected chi connectivity index (χ2v) is 5.05. The molecule has 3 aromatic rings. The van der Waals surface area contributed by atoms with Gasteiger partial charge in [0.25, 0.3) is 0 Å². The Bertz CT molecular complexity index is 871. The Morgan fingerprint density at radius 1 is 1.22 bits per heavy atom. The molecule has 6 nitrogen and oxygen atoms in total. The topological polar surface area (TPSA) is 68.3 Å². The van der Waals surface area contributed by atoms with Crippen LogP contribution in [0.5, 0.6) is 0 Å². The molecule has 0 saturated carbocycles. The number of rotatable bonds is 4. The molecule has 3 rings (SSSR count). The Morgan fingerprint density at radius 3 is 2.74 bits per heavy atom. The van der Waals surface area contributed by atoms with Gasteiger partial charge in [0.2, 0.25) is 0 Å². The molecular weight excluding hydrogens is 316 g/mol. The molecule has 1 aromatic carbocycles. The molecule has 0 spiro atoms. The number of nitrogens with zero attached hydrogens (tertiary/aromatic N) is 4. The predicted molar refractivity (Wildman–Crippen MR) is 86.8 cm³/mol. The number of azo groups is 1. The number of benzene rings is 1. The Morgan fingerprint density at radius 2 is 2.00 bits per heavy atom. The summed E-state index contributed by atoms with van der Waals surface area (Å²) in [7, 11) is 0. The first-order valence-electron chi connectivity index (χ1n) is 7.00. The average Bonchev–Trinajstić information content (AvgIpc) is 2.93. The van der Waals surface area contributed by atoms with Crippen LogP contribution in [-0.2, 0) is 4.74 Å². The minimum atomic E-state index is -0.527. The second-order valence-electron chi connectivity index (χ2n) is 4.61. The third-order valence-corrected chi connectivity index (χ3v) is 3.31. The van der Waals surface area contributed by atoms with Gasteiger partial charge in [-0.3, -0.25) is 4.40 Å². The molecule has 0 saturated heterocycles. The first kappa shape index (κ1) is 15.2. The van der Waals surface area contributed by atoms with Gasteiger partial charge in [0.05, 0.1) is 12.3 Å². The summed E-state index contributed by atoms with van der Waals surface area (Å²) in [6.45, 7) is 2.00. The van der Waals surface area contributed by atoms with Crippen LogP contribution in [0.3, 0.4) is 0 Å². The number of pyridine rings is 1. The number of fused-ring (bicyclic) bond motifs is 1. The van der Waals surface area contributed by atoms with E-state index in [1.54, 1.807) is 47.9 Å². The van der Waals surface area contributed by atoms with E-state index in [0.717, 1.165) is 0 Å². The highest BCUT2D eigenvalue weighted by Gasteiger charge is 2.20. The van der Waals surface area contributed by atoms with Gasteiger partial charge >= 0.3 is 5.97 Å². The molecule has 0 N–H and O–H groups in total. The van der Waals surface area contributed by atoms with E-state index in [-0.39, 0.29) is 12.3 Å². The second kappa shape index (κ2) is 6.58. The molecule has 0 radical (unpaired) electrons. The number of carbonyl (C=O) groups excluding carboxylic acids is 1. The maximum absolute atomic E-state index is 12.1. The number of aromatic nitrogens is 2. The van der Waals surface area contributed by atoms with Gasteiger partial charge < -0.3 is 4.74 Å². The zero-order chi connectivity index (χ0) is 16.2. The first-order valence-corrected chi connectivity index (χ1v) is 7.38. The molecule has 0 unspecified atom stereocenters. The van der Waals surface area contributed by atoms with E-state index in [4.69, 9.17) is 16.3 Å². The van der Waals surface area contributed by atoms with Crippen molar-refractivity contribution in [3.63, 3.8) is 0 Å². The summed E-state index contributed by atoms with van der Waals surface area (Å²) in [6, 6.07) is 12.3. The van der Waals surface area contributed by atoms with Crippen molar-refractivity contribution in [3.05, 3.63) is 59.4 Å². The Labute approximate surface area is 137 Å². The molecule has 0 atom stereocenters. The van der Waals surface area contributed by atoms with E-state index in [0.29, 0.717) is 22.2 Å². The number of esters is 1. The number of hydrogen-bond acceptors (Lipinski definition) is 5. The van der Waals surface area contributed by atoms with Gasteiger partial charge in [0, 0.05) is 11.2 Å². The number of hydrogen-bond donors (Lipinski definition) is 0. The lowest BCUT2D eigenvalue weighted by molar-refractivity contribution is 0.0521. The van der Waals surface area contributed by atoms with Crippen LogP contribution in [0.1, 0.15) is 17.4 Å². The van der Waals surface area contributed by atoms with Crippen molar-refractivity contribution in [2.24, 2.45) is 10.2 Å². The summed E-state index contributed by atoms with van der Waals surface area (Å²) >= 11 is 5.84. The van der Waals surface area contributed by atoms with Crippen LogP contribution in [0.15, 0.2) is 58.9 Å². The molecular formula is C16H13ClN4O2. The fourth-order valence-electron chi connectivity index (χ4n) is 2.03. The summed E-state index contributed by atoms with van der Waals surface area (Å²) in [5.41, 5.74) is 1.35. The average molecular weight is 329 g/mol. The number of halogens is 1. The third kappa shape index (κ3) is 3.22. The highest BCUT2D eigenvalue weighted by Crippen LogP contribution is 2.25. The quantitative estimate of drug-likeness (QED) is 0.520. The number of carbonyl (C=O) groups is 1. The van der Waals surface area contributed by atoms with E-state index < -0.39 is 5.97 Å². The molecule has 0 aliphatic carbocycles. The highest BCUT2D eigenvalue weighted by molar-refractivity contribution is 6.30. The van der Waals surface area contributed by atoms with Crippen molar-refractivity contribution < 1.29 is 9.53 Å². The smallest absolute Gasteiger partial charge is 0.360 e. The number of ether oxygens (including phenoxy) is 1. The molecule has 2 aromatic heterocycles. The van der Waals surface area contributed by atoms with E-state index in [2.05, 4.69) is 15.2 Å². The third-order valence-electron chi connectivity index (χ3n) is 3.06. The summed E-state index contributed by atoms with van der Waals surface area (Å²) in [4.78, 5) is 16.3. The van der Waals surface area contributed by atoms with E-state index in [9.17, 15) is 4.79 Å². The van der Waals surface area contributed by atoms with Crippen molar-refractivity contribution in [3.8, 4) is 0 Å². The van der Waals surface area contributed by atoms with Crippen molar-refractivity contribution in [1.29, 1.82) is 0 Å². The normalized spacial score (nSPS) is 11.2. The fourth-order valence-corrected chi connectivity index (χ4v) is 2.15. The molecule has 7 heteroatoms. The lowest BCUT2D eigenvalue weighted by Crippen LogP contribution is -2.05. The van der Waals surface area contributed by atoms with Crippen molar-refractivity contribution in [2.75, 3.05) is 6.61 Å². The molecule has 0 aliphatic heterocycles. The van der Waals surface area contributed by atoms with Crippen LogP contribution in [-0.4, -0.2) is 22.0 Å². The van der Waals surface area contributed by atoms with Crippen molar-refractivity contribution >= 4 is 34.7 Å². The molecule has 116 valence electrons. The molecule has 0 bridgehead atoms. The van der Waals surface area contributed by atoms with E-state index in [1.807, 2.05) is 12.1 Å². The van der Waals surface area contributed by atoms with Gasteiger partial charge in [0.1, 0.15) is 5.65 Å². The van der Waals surface area contributed by atoms with Crippen LogP contribution in [0.4, 0.5) is 11.5 Å². The molecule has 2 heterocycles. The largest absolute Gasteiger partial charge is 0.461 e. The predicted octanol–water partition coefficient (Wildman–Crippen LogP) is 4.58. The maximum Gasteiger partial charge on any atom is 0.360 e. The minimum absolute atomic E-state index is 0.135. The van der Waals surface area contributed by atoms with Gasteiger partial charge in [-0.05, 0) is 43.3 Å². The SMILES string of the molecule is CCOC(=O)c1nc2ccccn2c1N=Nc1ccc(Cl)cc1. The zero-order valence-electron chi connectivity index (χ0n) is 12.3. The van der Waals surface area contributed by atoms with Gasteiger partial charge in [-0.2, -0.15) is 0 Å². The van der Waals surface area contributed by atoms with Gasteiger partial charge in [-0.15, -0.1) is 10.2 Å². The highest BCUT2D eigenvalue weighted by atomic mass is 35.5. The van der Waals surface area contributed by atoms with Crippen molar-refractivity contribution in [1.82, 2.24) is 9.38 Å². The zero-order valence-corrected chi connectivity index (χ0v) is 13.1. The number of imidazole rings is 1. The van der Waals surface area contributed by atoms with Gasteiger partial charge in [-0.25, -0.2) is 9.78 Å². The lowest BCUT2D eigenvalue weighted by Gasteiger charge is -1.99.